The van der Waals surface area contributed by atoms with Crippen LogP contribution in [-0.2, 0) is 6.42 Å². The fraction of sp³-hybridized carbons (Fsp3) is 0.286. The third kappa shape index (κ3) is 4.41. The van der Waals surface area contributed by atoms with Crippen LogP contribution in [0.4, 0.5) is 0 Å². The maximum Gasteiger partial charge on any atom is 0.258 e. The molecule has 5 nitrogen and oxygen atoms in total. The zero-order valence-electron chi connectivity index (χ0n) is 11.4. The van der Waals surface area contributed by atoms with Crippen LogP contribution in [0.1, 0.15) is 12.5 Å². The summed E-state index contributed by atoms with van der Waals surface area (Å²) in [6.45, 7) is 2.24. The highest BCUT2D eigenvalue weighted by Crippen LogP contribution is 2.18. The third-order valence-corrected chi connectivity index (χ3v) is 3.82. The summed E-state index contributed by atoms with van der Waals surface area (Å²) in [5.74, 6) is 1.12. The molecule has 0 bridgehead atoms. The van der Waals surface area contributed by atoms with Crippen LogP contribution in [0.15, 0.2) is 34.2 Å². The zero-order chi connectivity index (χ0) is 15.2. The van der Waals surface area contributed by atoms with Gasteiger partial charge in [0.25, 0.3) is 5.56 Å². The van der Waals surface area contributed by atoms with E-state index in [-0.39, 0.29) is 11.4 Å². The van der Waals surface area contributed by atoms with Crippen molar-refractivity contribution in [2.45, 2.75) is 18.5 Å². The van der Waals surface area contributed by atoms with Gasteiger partial charge in [0.05, 0.1) is 12.2 Å². The SMILES string of the molecule is CCc1c(O)nc(SCCOc2ccc(Cl)cc2)[nH]c1=O. The molecule has 0 fully saturated rings. The summed E-state index contributed by atoms with van der Waals surface area (Å²) in [4.78, 5) is 18.3. The van der Waals surface area contributed by atoms with Crippen LogP contribution >= 0.6 is 23.4 Å². The number of hydrogen-bond acceptors (Lipinski definition) is 5. The van der Waals surface area contributed by atoms with Gasteiger partial charge in [0, 0.05) is 10.8 Å². The van der Waals surface area contributed by atoms with Gasteiger partial charge in [0.2, 0.25) is 5.88 Å². The summed E-state index contributed by atoms with van der Waals surface area (Å²) in [5.41, 5.74) is 0.00267. The van der Waals surface area contributed by atoms with Gasteiger partial charge in [-0.2, -0.15) is 4.98 Å². The smallest absolute Gasteiger partial charge is 0.258 e. The minimum absolute atomic E-state index is 0.206. The quantitative estimate of drug-likeness (QED) is 0.485. The predicted molar refractivity (Wildman–Crippen MR) is 83.6 cm³/mol. The molecule has 0 atom stereocenters. The Morgan fingerprint density at radius 2 is 2.10 bits per heavy atom. The highest BCUT2D eigenvalue weighted by atomic mass is 35.5. The first-order valence-corrected chi connectivity index (χ1v) is 7.80. The molecule has 2 aromatic rings. The highest BCUT2D eigenvalue weighted by molar-refractivity contribution is 7.99. The fourth-order valence-electron chi connectivity index (χ4n) is 1.68. The summed E-state index contributed by atoms with van der Waals surface area (Å²) in [7, 11) is 0. The van der Waals surface area contributed by atoms with Gasteiger partial charge in [-0.15, -0.1) is 0 Å². The van der Waals surface area contributed by atoms with Crippen LogP contribution in [0.3, 0.4) is 0 Å². The molecular formula is C14H15ClN2O3S. The maximum atomic E-state index is 11.7. The fourth-order valence-corrected chi connectivity index (χ4v) is 2.48. The normalized spacial score (nSPS) is 10.6. The van der Waals surface area contributed by atoms with Crippen LogP contribution in [0.25, 0.3) is 0 Å². The van der Waals surface area contributed by atoms with Gasteiger partial charge in [-0.25, -0.2) is 0 Å². The average Bonchev–Trinajstić information content (AvgIpc) is 2.45. The molecular weight excluding hydrogens is 312 g/mol. The molecule has 0 aliphatic carbocycles. The number of nitrogens with zero attached hydrogens (tertiary/aromatic N) is 1. The van der Waals surface area contributed by atoms with E-state index in [9.17, 15) is 9.90 Å². The van der Waals surface area contributed by atoms with Crippen LogP contribution < -0.4 is 10.3 Å². The van der Waals surface area contributed by atoms with Crippen LogP contribution in [0.2, 0.25) is 5.02 Å². The molecule has 2 N–H and O–H groups in total. The first-order valence-electron chi connectivity index (χ1n) is 6.43. The molecule has 1 aromatic carbocycles. The van der Waals surface area contributed by atoms with Gasteiger partial charge in [-0.3, -0.25) is 4.79 Å². The van der Waals surface area contributed by atoms with Crippen molar-refractivity contribution in [2.75, 3.05) is 12.4 Å². The zero-order valence-corrected chi connectivity index (χ0v) is 13.0. The monoisotopic (exact) mass is 326 g/mol. The van der Waals surface area contributed by atoms with E-state index in [2.05, 4.69) is 9.97 Å². The van der Waals surface area contributed by atoms with E-state index < -0.39 is 0 Å². The summed E-state index contributed by atoms with van der Waals surface area (Å²) in [6.07, 6.45) is 0.443. The van der Waals surface area contributed by atoms with Crippen molar-refractivity contribution in [2.24, 2.45) is 0 Å². The van der Waals surface area contributed by atoms with E-state index in [1.165, 1.54) is 11.8 Å². The second-order valence-electron chi connectivity index (χ2n) is 4.18. The van der Waals surface area contributed by atoms with Gasteiger partial charge in [0.15, 0.2) is 5.16 Å². The molecule has 0 saturated carbocycles. The van der Waals surface area contributed by atoms with Crippen molar-refractivity contribution in [1.29, 1.82) is 0 Å². The number of benzene rings is 1. The number of aromatic hydroxyl groups is 1. The van der Waals surface area contributed by atoms with E-state index in [1.54, 1.807) is 31.2 Å². The molecule has 2 rings (SSSR count). The summed E-state index contributed by atoms with van der Waals surface area (Å²) in [5, 5.41) is 10.7. The number of halogens is 1. The number of H-pyrrole nitrogens is 1. The lowest BCUT2D eigenvalue weighted by Gasteiger charge is -2.06. The van der Waals surface area contributed by atoms with Crippen molar-refractivity contribution < 1.29 is 9.84 Å². The molecule has 0 aliphatic heterocycles. The Hall–Kier alpha value is -1.66. The average molecular weight is 327 g/mol. The third-order valence-electron chi connectivity index (χ3n) is 2.73. The molecule has 0 saturated heterocycles. The Morgan fingerprint density at radius 1 is 1.38 bits per heavy atom. The second-order valence-corrected chi connectivity index (χ2v) is 5.70. The van der Waals surface area contributed by atoms with Crippen LogP contribution in [0.5, 0.6) is 11.6 Å². The maximum absolute atomic E-state index is 11.7. The van der Waals surface area contributed by atoms with Gasteiger partial charge >= 0.3 is 0 Å². The number of rotatable bonds is 6. The van der Waals surface area contributed by atoms with E-state index in [1.807, 2.05) is 0 Å². The Bertz CT molecular complexity index is 658. The Balaban J connectivity index is 1.86. The Morgan fingerprint density at radius 3 is 2.71 bits per heavy atom. The van der Waals surface area contributed by atoms with E-state index in [0.717, 1.165) is 5.75 Å². The van der Waals surface area contributed by atoms with Crippen LogP contribution in [0, 0.1) is 0 Å². The number of aromatic nitrogens is 2. The van der Waals surface area contributed by atoms with Gasteiger partial charge in [-0.1, -0.05) is 30.3 Å². The lowest BCUT2D eigenvalue weighted by molar-refractivity contribution is 0.344. The summed E-state index contributed by atoms with van der Waals surface area (Å²) in [6, 6.07) is 7.08. The molecule has 0 unspecified atom stereocenters. The number of aromatic amines is 1. The second kappa shape index (κ2) is 7.38. The van der Waals surface area contributed by atoms with Gasteiger partial charge in [-0.05, 0) is 30.7 Å². The number of nitrogens with one attached hydrogen (secondary N) is 1. The first-order chi connectivity index (χ1) is 10.1. The highest BCUT2D eigenvalue weighted by Gasteiger charge is 2.08. The standard InChI is InChI=1S/C14H15ClN2O3S/c1-2-11-12(18)16-14(17-13(11)19)21-8-7-20-10-5-3-9(15)4-6-10/h3-6H,2,7-8H2,1H3,(H2,16,17,18,19). The lowest BCUT2D eigenvalue weighted by atomic mass is 10.2. The molecule has 21 heavy (non-hydrogen) atoms. The first kappa shape index (κ1) is 15.7. The number of thioether (sulfide) groups is 1. The van der Waals surface area contributed by atoms with Crippen molar-refractivity contribution >= 4 is 23.4 Å². The van der Waals surface area contributed by atoms with E-state index >= 15 is 0 Å². The summed E-state index contributed by atoms with van der Waals surface area (Å²) >= 11 is 7.09. The minimum Gasteiger partial charge on any atom is -0.493 e. The lowest BCUT2D eigenvalue weighted by Crippen LogP contribution is -2.14. The van der Waals surface area contributed by atoms with Gasteiger partial charge in [0.1, 0.15) is 5.75 Å². The molecule has 112 valence electrons. The van der Waals surface area contributed by atoms with Crippen LogP contribution in [-0.4, -0.2) is 27.4 Å². The van der Waals surface area contributed by atoms with Crippen molar-refractivity contribution in [3.63, 3.8) is 0 Å². The molecule has 0 amide bonds. The molecule has 0 spiro atoms. The molecule has 0 radical (unpaired) electrons. The molecule has 1 aromatic heterocycles. The summed E-state index contributed by atoms with van der Waals surface area (Å²) < 4.78 is 5.53. The molecule has 1 heterocycles. The van der Waals surface area contributed by atoms with Crippen molar-refractivity contribution in [1.82, 2.24) is 9.97 Å². The van der Waals surface area contributed by atoms with E-state index in [4.69, 9.17) is 16.3 Å². The largest absolute Gasteiger partial charge is 0.493 e. The minimum atomic E-state index is -0.300. The number of ether oxygens (including phenoxy) is 1. The van der Waals surface area contributed by atoms with Crippen molar-refractivity contribution in [3.8, 4) is 11.6 Å². The molecule has 7 heteroatoms. The van der Waals surface area contributed by atoms with Crippen molar-refractivity contribution in [3.05, 3.63) is 45.2 Å². The van der Waals surface area contributed by atoms with Gasteiger partial charge < -0.3 is 14.8 Å². The number of hydrogen-bond donors (Lipinski definition) is 2. The molecule has 0 aliphatic rings. The predicted octanol–water partition coefficient (Wildman–Crippen LogP) is 2.86. The van der Waals surface area contributed by atoms with E-state index in [0.29, 0.717) is 34.5 Å². The topological polar surface area (TPSA) is 75.2 Å². The Kier molecular flexibility index (Phi) is 5.52. The Labute approximate surface area is 131 Å².